The molecule has 1 aromatic carbocycles. The Balaban J connectivity index is 1.39. The fourth-order valence-corrected chi connectivity index (χ4v) is 4.86. The Hall–Kier alpha value is -2.87. The van der Waals surface area contributed by atoms with E-state index in [9.17, 15) is 14.4 Å². The van der Waals surface area contributed by atoms with Crippen molar-refractivity contribution in [2.45, 2.75) is 51.1 Å². The summed E-state index contributed by atoms with van der Waals surface area (Å²) in [4.78, 5) is 41.4. The maximum Gasteiger partial charge on any atom is 0.325 e. The summed E-state index contributed by atoms with van der Waals surface area (Å²) < 4.78 is 2.18. The van der Waals surface area contributed by atoms with Gasteiger partial charge in [0.25, 0.3) is 5.91 Å². The Bertz CT molecular complexity index is 1020. The highest BCUT2D eigenvalue weighted by atomic mass is 16.2. The average molecular weight is 440 g/mol. The minimum atomic E-state index is -0.822. The van der Waals surface area contributed by atoms with E-state index < -0.39 is 11.6 Å². The van der Waals surface area contributed by atoms with E-state index in [1.54, 1.807) is 0 Å². The number of hydrogen-bond donors (Lipinski definition) is 2. The predicted molar refractivity (Wildman–Crippen MR) is 124 cm³/mol. The molecule has 1 aliphatic carbocycles. The van der Waals surface area contributed by atoms with Gasteiger partial charge in [-0.2, -0.15) is 0 Å². The van der Waals surface area contributed by atoms with E-state index in [1.165, 1.54) is 0 Å². The van der Waals surface area contributed by atoms with Gasteiger partial charge in [0.2, 0.25) is 5.91 Å². The molecule has 1 saturated carbocycles. The molecule has 1 aliphatic heterocycles. The van der Waals surface area contributed by atoms with Crippen LogP contribution in [0.3, 0.4) is 0 Å². The zero-order valence-corrected chi connectivity index (χ0v) is 19.2. The standard InChI is InChI=1S/C24H33N5O3/c1-4-17-7-10-24(11-8-17)22(31)29(23(32)26-24)16-21(30)25-19-5-6-20-18(15-19)9-12-28(20)14-13-27(2)3/h5-6,9,12,15,17H,4,7-8,10-11,13-14,16H2,1-3H3,(H,25,30)(H,26,32). The van der Waals surface area contributed by atoms with Crippen molar-refractivity contribution in [3.05, 3.63) is 30.5 Å². The van der Waals surface area contributed by atoms with Gasteiger partial charge in [0, 0.05) is 35.9 Å². The lowest BCUT2D eigenvalue weighted by atomic mass is 9.75. The fraction of sp³-hybridized carbons (Fsp3) is 0.542. The van der Waals surface area contributed by atoms with Gasteiger partial charge in [-0.25, -0.2) is 4.79 Å². The Kier molecular flexibility index (Phi) is 6.24. The monoisotopic (exact) mass is 439 g/mol. The molecule has 1 spiro atoms. The van der Waals surface area contributed by atoms with E-state index in [-0.39, 0.29) is 18.4 Å². The maximum atomic E-state index is 13.0. The van der Waals surface area contributed by atoms with Crippen LogP contribution in [0.2, 0.25) is 0 Å². The first-order valence-corrected chi connectivity index (χ1v) is 11.5. The molecule has 32 heavy (non-hydrogen) atoms. The molecule has 0 unspecified atom stereocenters. The van der Waals surface area contributed by atoms with Crippen LogP contribution in [0.4, 0.5) is 10.5 Å². The van der Waals surface area contributed by atoms with Crippen molar-refractivity contribution in [3.63, 3.8) is 0 Å². The maximum absolute atomic E-state index is 13.0. The summed E-state index contributed by atoms with van der Waals surface area (Å²) in [6, 6.07) is 7.31. The molecular formula is C24H33N5O3. The molecule has 2 aliphatic rings. The van der Waals surface area contributed by atoms with Crippen LogP contribution in [0, 0.1) is 5.92 Å². The molecule has 4 amide bonds. The van der Waals surface area contributed by atoms with Gasteiger partial charge in [0.15, 0.2) is 0 Å². The van der Waals surface area contributed by atoms with Crippen molar-refractivity contribution < 1.29 is 14.4 Å². The molecule has 4 rings (SSSR count). The number of benzene rings is 1. The number of anilines is 1. The topological polar surface area (TPSA) is 86.7 Å². The van der Waals surface area contributed by atoms with Crippen molar-refractivity contribution in [1.29, 1.82) is 0 Å². The molecule has 172 valence electrons. The first-order chi connectivity index (χ1) is 15.3. The lowest BCUT2D eigenvalue weighted by Crippen LogP contribution is -2.49. The molecule has 8 heteroatoms. The average Bonchev–Trinajstić information content (AvgIpc) is 3.26. The highest BCUT2D eigenvalue weighted by Gasteiger charge is 2.52. The number of nitrogens with zero attached hydrogens (tertiary/aromatic N) is 3. The summed E-state index contributed by atoms with van der Waals surface area (Å²) >= 11 is 0. The van der Waals surface area contributed by atoms with Crippen molar-refractivity contribution in [2.75, 3.05) is 32.5 Å². The molecule has 8 nitrogen and oxygen atoms in total. The predicted octanol–water partition coefficient (Wildman–Crippen LogP) is 3.03. The lowest BCUT2D eigenvalue weighted by Gasteiger charge is -2.34. The summed E-state index contributed by atoms with van der Waals surface area (Å²) in [5.41, 5.74) is 0.930. The van der Waals surface area contributed by atoms with E-state index in [4.69, 9.17) is 0 Å². The molecule has 2 N–H and O–H groups in total. The fourth-order valence-electron chi connectivity index (χ4n) is 4.86. The van der Waals surface area contributed by atoms with Crippen LogP contribution >= 0.6 is 0 Å². The van der Waals surface area contributed by atoms with E-state index in [2.05, 4.69) is 27.0 Å². The summed E-state index contributed by atoms with van der Waals surface area (Å²) in [5.74, 6) is -0.0323. The number of amides is 4. The van der Waals surface area contributed by atoms with Gasteiger partial charge in [0.1, 0.15) is 12.1 Å². The van der Waals surface area contributed by atoms with Crippen LogP contribution in [0.1, 0.15) is 39.0 Å². The van der Waals surface area contributed by atoms with Crippen LogP contribution < -0.4 is 10.6 Å². The van der Waals surface area contributed by atoms with Gasteiger partial charge in [-0.05, 0) is 70.0 Å². The van der Waals surface area contributed by atoms with Crippen LogP contribution in [0.15, 0.2) is 30.5 Å². The molecule has 0 atom stereocenters. The number of aromatic nitrogens is 1. The number of hydrogen-bond acceptors (Lipinski definition) is 4. The number of nitrogens with one attached hydrogen (secondary N) is 2. The minimum absolute atomic E-state index is 0.263. The second kappa shape index (κ2) is 8.94. The van der Waals surface area contributed by atoms with Crippen molar-refractivity contribution in [2.24, 2.45) is 5.92 Å². The van der Waals surface area contributed by atoms with E-state index >= 15 is 0 Å². The minimum Gasteiger partial charge on any atom is -0.346 e. The third kappa shape index (κ3) is 4.37. The molecule has 1 aromatic heterocycles. The van der Waals surface area contributed by atoms with Crippen LogP contribution in [0.25, 0.3) is 10.9 Å². The van der Waals surface area contributed by atoms with Gasteiger partial charge in [-0.3, -0.25) is 14.5 Å². The number of imide groups is 1. The lowest BCUT2D eigenvalue weighted by molar-refractivity contribution is -0.135. The second-order valence-electron chi connectivity index (χ2n) is 9.39. The third-order valence-corrected chi connectivity index (χ3v) is 6.93. The van der Waals surface area contributed by atoms with Crippen molar-refractivity contribution >= 4 is 34.4 Å². The first-order valence-electron chi connectivity index (χ1n) is 11.5. The Morgan fingerprint density at radius 2 is 1.97 bits per heavy atom. The quantitative estimate of drug-likeness (QED) is 0.650. The zero-order chi connectivity index (χ0) is 22.9. The number of urea groups is 1. The van der Waals surface area contributed by atoms with E-state index in [0.717, 1.165) is 48.2 Å². The SMILES string of the molecule is CCC1CCC2(CC1)NC(=O)N(CC(=O)Nc1ccc3c(ccn3CCN(C)C)c1)C2=O. The molecule has 1 saturated heterocycles. The smallest absolute Gasteiger partial charge is 0.325 e. The van der Waals surface area contributed by atoms with Crippen LogP contribution in [0.5, 0.6) is 0 Å². The van der Waals surface area contributed by atoms with Gasteiger partial charge >= 0.3 is 6.03 Å². The summed E-state index contributed by atoms with van der Waals surface area (Å²) in [6.45, 7) is 3.71. The molecule has 2 fully saturated rings. The summed E-state index contributed by atoms with van der Waals surface area (Å²) in [6.07, 6.45) is 6.28. The number of carbonyl (C=O) groups is 3. The summed E-state index contributed by atoms with van der Waals surface area (Å²) in [7, 11) is 4.09. The number of likely N-dealkylation sites (N-methyl/N-ethyl adjacent to an activating group) is 1. The van der Waals surface area contributed by atoms with Gasteiger partial charge in [0.05, 0.1) is 0 Å². The second-order valence-corrected chi connectivity index (χ2v) is 9.39. The van der Waals surface area contributed by atoms with E-state index in [0.29, 0.717) is 24.4 Å². The van der Waals surface area contributed by atoms with Crippen LogP contribution in [-0.2, 0) is 16.1 Å². The highest BCUT2D eigenvalue weighted by Crippen LogP contribution is 2.37. The number of carbonyl (C=O) groups excluding carboxylic acids is 3. The largest absolute Gasteiger partial charge is 0.346 e. The van der Waals surface area contributed by atoms with Gasteiger partial charge in [-0.1, -0.05) is 13.3 Å². The van der Waals surface area contributed by atoms with Gasteiger partial charge < -0.3 is 20.1 Å². The van der Waals surface area contributed by atoms with Crippen molar-refractivity contribution in [3.8, 4) is 0 Å². The Morgan fingerprint density at radius 1 is 1.22 bits per heavy atom. The number of fused-ring (bicyclic) bond motifs is 1. The normalized spacial score (nSPS) is 23.4. The highest BCUT2D eigenvalue weighted by molar-refractivity contribution is 6.10. The molecule has 2 aromatic rings. The molecule has 0 bridgehead atoms. The molecule has 0 radical (unpaired) electrons. The third-order valence-electron chi connectivity index (χ3n) is 6.93. The van der Waals surface area contributed by atoms with Gasteiger partial charge in [-0.15, -0.1) is 0 Å². The van der Waals surface area contributed by atoms with Crippen LogP contribution in [-0.4, -0.2) is 64.9 Å². The summed E-state index contributed by atoms with van der Waals surface area (Å²) in [5, 5.41) is 6.75. The van der Waals surface area contributed by atoms with Crippen molar-refractivity contribution in [1.82, 2.24) is 19.7 Å². The molecular weight excluding hydrogens is 406 g/mol. The number of rotatable bonds is 7. The van der Waals surface area contributed by atoms with E-state index in [1.807, 2.05) is 44.6 Å². The zero-order valence-electron chi connectivity index (χ0n) is 19.2. The Labute approximate surface area is 188 Å². The first kappa shape index (κ1) is 22.3. The Morgan fingerprint density at radius 3 is 2.66 bits per heavy atom. The molecule has 2 heterocycles.